The van der Waals surface area contributed by atoms with Crippen LogP contribution in [0.2, 0.25) is 0 Å². The molecule has 0 bridgehead atoms. The van der Waals surface area contributed by atoms with Crippen LogP contribution in [0.3, 0.4) is 0 Å². The molecule has 0 aliphatic carbocycles. The summed E-state index contributed by atoms with van der Waals surface area (Å²) in [6.07, 6.45) is 0.972. The summed E-state index contributed by atoms with van der Waals surface area (Å²) < 4.78 is 5.16. The van der Waals surface area contributed by atoms with Crippen LogP contribution in [0.25, 0.3) is 0 Å². The number of anilines is 1. The second-order valence-corrected chi connectivity index (χ2v) is 4.58. The van der Waals surface area contributed by atoms with Crippen molar-refractivity contribution in [2.75, 3.05) is 18.5 Å². The van der Waals surface area contributed by atoms with Crippen molar-refractivity contribution in [3.63, 3.8) is 0 Å². The van der Waals surface area contributed by atoms with Crippen LogP contribution in [0.15, 0.2) is 6.07 Å². The Morgan fingerprint density at radius 3 is 2.94 bits per heavy atom. The zero-order valence-corrected chi connectivity index (χ0v) is 9.53. The number of ether oxygens (including phenoxy) is 1. The number of rotatable bonds is 5. The molecule has 0 saturated carbocycles. The average Bonchev–Trinajstić information content (AvgIpc) is 2.59. The molecule has 1 atom stereocenters. The Balaban J connectivity index is 2.12. The molecule has 1 aliphatic heterocycles. The Kier molecular flexibility index (Phi) is 3.25. The van der Waals surface area contributed by atoms with Gasteiger partial charge in [-0.25, -0.2) is 4.79 Å². The van der Waals surface area contributed by atoms with Crippen molar-refractivity contribution in [3.8, 4) is 0 Å². The maximum atomic E-state index is 10.7. The van der Waals surface area contributed by atoms with Gasteiger partial charge in [0.25, 0.3) is 0 Å². The lowest BCUT2D eigenvalue weighted by molar-refractivity contribution is -0.379. The summed E-state index contributed by atoms with van der Waals surface area (Å²) in [5.41, 5.74) is 0.243. The highest BCUT2D eigenvalue weighted by atomic mass is 32.1. The molecule has 0 radical (unpaired) electrons. The summed E-state index contributed by atoms with van der Waals surface area (Å²) in [6.45, 7) is 1.16. The Morgan fingerprint density at radius 1 is 1.76 bits per heavy atom. The molecule has 2 N–H and O–H groups in total. The van der Waals surface area contributed by atoms with Gasteiger partial charge >= 0.3 is 11.0 Å². The first-order chi connectivity index (χ1) is 8.08. The minimum Gasteiger partial charge on any atom is -0.477 e. The summed E-state index contributed by atoms with van der Waals surface area (Å²) in [5, 5.41) is 22.2. The molecule has 1 aliphatic rings. The molecule has 1 fully saturated rings. The fourth-order valence-corrected chi connectivity index (χ4v) is 2.21. The van der Waals surface area contributed by atoms with Gasteiger partial charge in [-0.3, -0.25) is 10.1 Å². The SMILES string of the molecule is O=C(O)c1cc(NC[C@@H]2CCO2)c([N+](=O)[O-])s1. The van der Waals surface area contributed by atoms with Crippen LogP contribution >= 0.6 is 11.3 Å². The molecule has 0 spiro atoms. The third-order valence-electron chi connectivity index (χ3n) is 2.40. The maximum Gasteiger partial charge on any atom is 0.347 e. The van der Waals surface area contributed by atoms with Crippen LogP contribution in [0.1, 0.15) is 16.1 Å². The largest absolute Gasteiger partial charge is 0.477 e. The first kappa shape index (κ1) is 11.8. The number of aromatic carboxylic acids is 1. The van der Waals surface area contributed by atoms with Gasteiger partial charge in [-0.2, -0.15) is 0 Å². The van der Waals surface area contributed by atoms with E-state index < -0.39 is 10.9 Å². The van der Waals surface area contributed by atoms with Gasteiger partial charge in [-0.1, -0.05) is 11.3 Å². The first-order valence-electron chi connectivity index (χ1n) is 4.95. The van der Waals surface area contributed by atoms with Gasteiger partial charge in [-0.15, -0.1) is 0 Å². The monoisotopic (exact) mass is 258 g/mol. The molecule has 8 heteroatoms. The van der Waals surface area contributed by atoms with Crippen LogP contribution in [0, 0.1) is 10.1 Å². The standard InChI is InChI=1S/C9H10N2O5S/c12-9(13)7-3-6(8(17-7)11(14)15)10-4-5-1-2-16-5/h3,5,10H,1-2,4H2,(H,12,13)/t5-/m0/s1. The highest BCUT2D eigenvalue weighted by Gasteiger charge is 2.24. The molecule has 2 rings (SSSR count). The van der Waals surface area contributed by atoms with Crippen molar-refractivity contribution in [2.45, 2.75) is 12.5 Å². The Morgan fingerprint density at radius 2 is 2.47 bits per heavy atom. The second kappa shape index (κ2) is 4.68. The van der Waals surface area contributed by atoms with E-state index in [1.165, 1.54) is 6.07 Å². The van der Waals surface area contributed by atoms with Crippen molar-refractivity contribution < 1.29 is 19.6 Å². The smallest absolute Gasteiger partial charge is 0.347 e. The minimum absolute atomic E-state index is 0.0475. The molecule has 17 heavy (non-hydrogen) atoms. The van der Waals surface area contributed by atoms with E-state index in [2.05, 4.69) is 5.32 Å². The third kappa shape index (κ3) is 2.53. The molecule has 0 aromatic carbocycles. The molecule has 7 nitrogen and oxygen atoms in total. The zero-order chi connectivity index (χ0) is 12.4. The summed E-state index contributed by atoms with van der Waals surface area (Å²) in [6, 6.07) is 1.28. The van der Waals surface area contributed by atoms with Gasteiger partial charge < -0.3 is 15.2 Å². The van der Waals surface area contributed by atoms with E-state index in [9.17, 15) is 14.9 Å². The Labute approximate surface area is 100 Å². The fourth-order valence-electron chi connectivity index (χ4n) is 1.42. The molecule has 92 valence electrons. The summed E-state index contributed by atoms with van der Waals surface area (Å²) >= 11 is 0.651. The molecule has 2 heterocycles. The first-order valence-corrected chi connectivity index (χ1v) is 5.76. The van der Waals surface area contributed by atoms with Crippen LogP contribution in [0.5, 0.6) is 0 Å². The number of thiophene rings is 1. The molecule has 1 aromatic heterocycles. The molecule has 1 saturated heterocycles. The number of hydrogen-bond donors (Lipinski definition) is 2. The van der Waals surface area contributed by atoms with E-state index in [1.807, 2.05) is 0 Å². The predicted molar refractivity (Wildman–Crippen MR) is 60.8 cm³/mol. The summed E-state index contributed by atoms with van der Waals surface area (Å²) in [4.78, 5) is 20.8. The van der Waals surface area contributed by atoms with Crippen molar-refractivity contribution in [2.24, 2.45) is 0 Å². The van der Waals surface area contributed by atoms with E-state index >= 15 is 0 Å². The highest BCUT2D eigenvalue weighted by Crippen LogP contribution is 2.34. The molecule has 1 aromatic rings. The Bertz CT molecular complexity index is 454. The van der Waals surface area contributed by atoms with E-state index in [4.69, 9.17) is 9.84 Å². The van der Waals surface area contributed by atoms with Gasteiger partial charge in [0.15, 0.2) is 0 Å². The second-order valence-electron chi connectivity index (χ2n) is 3.55. The number of carbonyl (C=O) groups is 1. The van der Waals surface area contributed by atoms with Gasteiger partial charge in [0, 0.05) is 13.2 Å². The highest BCUT2D eigenvalue weighted by molar-refractivity contribution is 7.17. The van der Waals surface area contributed by atoms with E-state index in [-0.39, 0.29) is 21.7 Å². The third-order valence-corrected chi connectivity index (χ3v) is 3.48. The molecule has 0 amide bonds. The van der Waals surface area contributed by atoms with E-state index in [0.29, 0.717) is 24.5 Å². The van der Waals surface area contributed by atoms with Crippen LogP contribution in [-0.2, 0) is 4.74 Å². The average molecular weight is 258 g/mol. The van der Waals surface area contributed by atoms with E-state index in [1.54, 1.807) is 0 Å². The quantitative estimate of drug-likeness (QED) is 0.613. The number of carboxylic acids is 1. The van der Waals surface area contributed by atoms with Crippen LogP contribution in [-0.4, -0.2) is 35.3 Å². The lowest BCUT2D eigenvalue weighted by Gasteiger charge is -2.26. The van der Waals surface area contributed by atoms with Crippen molar-refractivity contribution in [3.05, 3.63) is 21.1 Å². The number of nitro groups is 1. The van der Waals surface area contributed by atoms with Gasteiger partial charge in [0.2, 0.25) is 0 Å². The van der Waals surface area contributed by atoms with Crippen LogP contribution in [0.4, 0.5) is 10.7 Å². The molecular formula is C9H10N2O5S. The lowest BCUT2D eigenvalue weighted by atomic mass is 10.2. The van der Waals surface area contributed by atoms with Crippen LogP contribution < -0.4 is 5.32 Å². The molecule has 0 unspecified atom stereocenters. The predicted octanol–water partition coefficient (Wildman–Crippen LogP) is 1.56. The van der Waals surface area contributed by atoms with Crippen molar-refractivity contribution >= 4 is 28.0 Å². The lowest BCUT2D eigenvalue weighted by Crippen LogP contribution is -2.33. The maximum absolute atomic E-state index is 10.7. The fraction of sp³-hybridized carbons (Fsp3) is 0.444. The summed E-state index contributed by atoms with van der Waals surface area (Å²) in [5.74, 6) is -1.16. The minimum atomic E-state index is -1.16. The van der Waals surface area contributed by atoms with Gasteiger partial charge in [0.1, 0.15) is 10.6 Å². The number of carboxylic acid groups (broad SMARTS) is 1. The van der Waals surface area contributed by atoms with Crippen molar-refractivity contribution in [1.29, 1.82) is 0 Å². The normalized spacial score (nSPS) is 18.5. The zero-order valence-electron chi connectivity index (χ0n) is 8.71. The number of nitrogens with zero attached hydrogens (tertiary/aromatic N) is 1. The van der Waals surface area contributed by atoms with E-state index in [0.717, 1.165) is 6.42 Å². The summed E-state index contributed by atoms with van der Waals surface area (Å²) in [7, 11) is 0. The van der Waals surface area contributed by atoms with Crippen molar-refractivity contribution in [1.82, 2.24) is 0 Å². The van der Waals surface area contributed by atoms with Gasteiger partial charge in [0.05, 0.1) is 11.0 Å². The molecular weight excluding hydrogens is 248 g/mol. The topological polar surface area (TPSA) is 102 Å². The van der Waals surface area contributed by atoms with Gasteiger partial charge in [-0.05, 0) is 12.5 Å². The number of nitrogens with one attached hydrogen (secondary N) is 1. The number of hydrogen-bond acceptors (Lipinski definition) is 6. The Hall–Kier alpha value is -1.67.